The molecule has 1 aliphatic rings. The molecule has 3 rings (SSSR count). The van der Waals surface area contributed by atoms with Crippen molar-refractivity contribution in [3.8, 4) is 11.4 Å². The van der Waals surface area contributed by atoms with Gasteiger partial charge in [0.2, 0.25) is 11.7 Å². The number of hydrogen-bond donors (Lipinski definition) is 1. The smallest absolute Gasteiger partial charge is 0.240 e. The van der Waals surface area contributed by atoms with Crippen LogP contribution in [0.1, 0.15) is 18.7 Å². The predicted octanol–water partition coefficient (Wildman–Crippen LogP) is 2.49. The standard InChI is InChI=1S/C12H15N3O2S.ClH/c1-2-10(16-4-1)6-13-7-11-14-12(15-17-11)9-3-5-18-8-9;/h3,5,8,10,13H,1-2,4,6-7H2;1H. The second kappa shape index (κ2) is 7.00. The molecule has 1 N–H and O–H groups in total. The topological polar surface area (TPSA) is 60.2 Å². The normalized spacial score (nSPS) is 18.4. The van der Waals surface area contributed by atoms with Gasteiger partial charge in [0.1, 0.15) is 0 Å². The lowest BCUT2D eigenvalue weighted by molar-refractivity contribution is 0.109. The van der Waals surface area contributed by atoms with Gasteiger partial charge in [-0.15, -0.1) is 12.4 Å². The summed E-state index contributed by atoms with van der Waals surface area (Å²) in [6, 6.07) is 1.99. The molecule has 1 atom stereocenters. The van der Waals surface area contributed by atoms with Crippen molar-refractivity contribution in [2.24, 2.45) is 0 Å². The SMILES string of the molecule is Cl.c1cc(-c2noc(CNCC3CCCO3)n2)cs1. The van der Waals surface area contributed by atoms with Gasteiger partial charge < -0.3 is 14.6 Å². The van der Waals surface area contributed by atoms with Crippen molar-refractivity contribution in [1.82, 2.24) is 15.5 Å². The molecule has 1 fully saturated rings. The molecule has 1 unspecified atom stereocenters. The van der Waals surface area contributed by atoms with Crippen LogP contribution in [0.15, 0.2) is 21.3 Å². The van der Waals surface area contributed by atoms with Crippen LogP contribution in [0.4, 0.5) is 0 Å². The molecule has 0 saturated carbocycles. The number of nitrogens with zero attached hydrogens (tertiary/aromatic N) is 2. The number of rotatable bonds is 5. The molecule has 0 bridgehead atoms. The minimum absolute atomic E-state index is 0. The first-order chi connectivity index (χ1) is 8.92. The molecule has 3 heterocycles. The Morgan fingerprint density at radius 1 is 1.47 bits per heavy atom. The van der Waals surface area contributed by atoms with E-state index in [2.05, 4.69) is 15.5 Å². The van der Waals surface area contributed by atoms with Gasteiger partial charge >= 0.3 is 0 Å². The van der Waals surface area contributed by atoms with E-state index in [4.69, 9.17) is 9.26 Å². The summed E-state index contributed by atoms with van der Waals surface area (Å²) in [4.78, 5) is 4.34. The molecule has 2 aromatic rings. The highest BCUT2D eigenvalue weighted by Gasteiger charge is 2.15. The number of nitrogens with one attached hydrogen (secondary N) is 1. The molecule has 0 aromatic carbocycles. The zero-order valence-corrected chi connectivity index (χ0v) is 12.0. The molecule has 0 spiro atoms. The highest BCUT2D eigenvalue weighted by atomic mass is 35.5. The van der Waals surface area contributed by atoms with Crippen LogP contribution in [0, 0.1) is 0 Å². The molecule has 1 aliphatic heterocycles. The summed E-state index contributed by atoms with van der Waals surface area (Å²) < 4.78 is 10.7. The highest BCUT2D eigenvalue weighted by Crippen LogP contribution is 2.18. The number of hydrogen-bond acceptors (Lipinski definition) is 6. The van der Waals surface area contributed by atoms with Gasteiger partial charge in [-0.25, -0.2) is 0 Å². The van der Waals surface area contributed by atoms with Gasteiger partial charge in [-0.05, 0) is 24.3 Å². The third kappa shape index (κ3) is 3.76. The number of thiophene rings is 1. The van der Waals surface area contributed by atoms with Crippen molar-refractivity contribution in [2.75, 3.05) is 13.2 Å². The molecule has 1 saturated heterocycles. The fraction of sp³-hybridized carbons (Fsp3) is 0.500. The Hall–Kier alpha value is -0.950. The van der Waals surface area contributed by atoms with Crippen molar-refractivity contribution in [3.05, 3.63) is 22.7 Å². The van der Waals surface area contributed by atoms with E-state index in [-0.39, 0.29) is 12.4 Å². The van der Waals surface area contributed by atoms with Crippen molar-refractivity contribution < 1.29 is 9.26 Å². The van der Waals surface area contributed by atoms with Crippen molar-refractivity contribution in [3.63, 3.8) is 0 Å². The predicted molar refractivity (Wildman–Crippen MR) is 75.5 cm³/mol. The Morgan fingerprint density at radius 3 is 3.16 bits per heavy atom. The third-order valence-electron chi connectivity index (χ3n) is 2.92. The van der Waals surface area contributed by atoms with E-state index in [1.54, 1.807) is 11.3 Å². The van der Waals surface area contributed by atoms with Crippen LogP contribution in [0.5, 0.6) is 0 Å². The molecule has 19 heavy (non-hydrogen) atoms. The summed E-state index contributed by atoms with van der Waals surface area (Å²) in [7, 11) is 0. The first-order valence-corrected chi connectivity index (χ1v) is 7.03. The second-order valence-corrected chi connectivity index (χ2v) is 5.07. The Balaban J connectivity index is 0.00000133. The van der Waals surface area contributed by atoms with Crippen molar-refractivity contribution in [2.45, 2.75) is 25.5 Å². The average Bonchev–Trinajstić information content (AvgIpc) is 3.12. The summed E-state index contributed by atoms with van der Waals surface area (Å²) in [6.45, 7) is 2.32. The highest BCUT2D eigenvalue weighted by molar-refractivity contribution is 7.08. The van der Waals surface area contributed by atoms with Gasteiger partial charge in [-0.2, -0.15) is 16.3 Å². The van der Waals surface area contributed by atoms with Crippen LogP contribution >= 0.6 is 23.7 Å². The third-order valence-corrected chi connectivity index (χ3v) is 3.60. The Bertz CT molecular complexity index is 483. The van der Waals surface area contributed by atoms with E-state index in [1.165, 1.54) is 0 Å². The van der Waals surface area contributed by atoms with Gasteiger partial charge in [-0.3, -0.25) is 0 Å². The first-order valence-electron chi connectivity index (χ1n) is 6.09. The monoisotopic (exact) mass is 301 g/mol. The number of ether oxygens (including phenoxy) is 1. The maximum atomic E-state index is 5.53. The van der Waals surface area contributed by atoms with Crippen LogP contribution in [-0.2, 0) is 11.3 Å². The van der Waals surface area contributed by atoms with E-state index < -0.39 is 0 Å². The van der Waals surface area contributed by atoms with Crippen molar-refractivity contribution in [1.29, 1.82) is 0 Å². The Labute approximate surface area is 121 Å². The van der Waals surface area contributed by atoms with Gasteiger partial charge in [-0.1, -0.05) is 5.16 Å². The van der Waals surface area contributed by atoms with Crippen LogP contribution < -0.4 is 5.32 Å². The van der Waals surface area contributed by atoms with Crippen LogP contribution in [0.3, 0.4) is 0 Å². The second-order valence-electron chi connectivity index (χ2n) is 4.29. The zero-order chi connectivity index (χ0) is 12.2. The largest absolute Gasteiger partial charge is 0.377 e. The van der Waals surface area contributed by atoms with E-state index >= 15 is 0 Å². The molecular formula is C12H16ClN3O2S. The minimum Gasteiger partial charge on any atom is -0.377 e. The van der Waals surface area contributed by atoms with Gasteiger partial charge in [0, 0.05) is 24.1 Å². The van der Waals surface area contributed by atoms with Gasteiger partial charge in [0.15, 0.2) is 0 Å². The lowest BCUT2D eigenvalue weighted by Gasteiger charge is -2.08. The maximum absolute atomic E-state index is 5.53. The van der Waals surface area contributed by atoms with E-state index in [9.17, 15) is 0 Å². The summed E-state index contributed by atoms with van der Waals surface area (Å²) in [6.07, 6.45) is 2.64. The lowest BCUT2D eigenvalue weighted by atomic mass is 10.2. The molecular weight excluding hydrogens is 286 g/mol. The van der Waals surface area contributed by atoms with Gasteiger partial charge in [0.25, 0.3) is 0 Å². The van der Waals surface area contributed by atoms with E-state index in [1.807, 2.05) is 16.8 Å². The zero-order valence-electron chi connectivity index (χ0n) is 10.4. The average molecular weight is 302 g/mol. The summed E-state index contributed by atoms with van der Waals surface area (Å²) >= 11 is 1.62. The van der Waals surface area contributed by atoms with Crippen LogP contribution in [0.2, 0.25) is 0 Å². The van der Waals surface area contributed by atoms with E-state index in [0.717, 1.165) is 31.6 Å². The lowest BCUT2D eigenvalue weighted by Crippen LogP contribution is -2.25. The molecule has 0 radical (unpaired) electrons. The maximum Gasteiger partial charge on any atom is 0.240 e. The number of aromatic nitrogens is 2. The van der Waals surface area contributed by atoms with E-state index in [0.29, 0.717) is 24.4 Å². The number of halogens is 1. The van der Waals surface area contributed by atoms with Crippen LogP contribution in [-0.4, -0.2) is 29.4 Å². The Morgan fingerprint density at radius 2 is 2.42 bits per heavy atom. The molecule has 2 aromatic heterocycles. The minimum atomic E-state index is 0. The molecule has 7 heteroatoms. The summed E-state index contributed by atoms with van der Waals surface area (Å²) in [5, 5.41) is 11.3. The quantitative estimate of drug-likeness (QED) is 0.919. The summed E-state index contributed by atoms with van der Waals surface area (Å²) in [5.74, 6) is 1.28. The van der Waals surface area contributed by atoms with Crippen LogP contribution in [0.25, 0.3) is 11.4 Å². The first kappa shape index (κ1) is 14.5. The fourth-order valence-corrected chi connectivity index (χ4v) is 2.62. The summed E-state index contributed by atoms with van der Waals surface area (Å²) in [5.41, 5.74) is 1.01. The fourth-order valence-electron chi connectivity index (χ4n) is 1.98. The molecule has 5 nitrogen and oxygen atoms in total. The van der Waals surface area contributed by atoms with Crippen molar-refractivity contribution >= 4 is 23.7 Å². The molecule has 0 aliphatic carbocycles. The Kier molecular flexibility index (Phi) is 5.33. The van der Waals surface area contributed by atoms with Gasteiger partial charge in [0.05, 0.1) is 12.6 Å². The molecule has 0 amide bonds. The molecule has 104 valence electrons.